The average Bonchev–Trinajstić information content (AvgIpc) is 2.84. The quantitative estimate of drug-likeness (QED) is 0.699. The highest BCUT2D eigenvalue weighted by Crippen LogP contribution is 2.26. The molecule has 0 fully saturated rings. The van der Waals surface area contributed by atoms with Crippen LogP contribution in [-0.4, -0.2) is 55.8 Å². The molecule has 0 saturated heterocycles. The molecule has 24 heavy (non-hydrogen) atoms. The van der Waals surface area contributed by atoms with E-state index >= 15 is 0 Å². The topological polar surface area (TPSA) is 83.7 Å². The molecule has 7 nitrogen and oxygen atoms in total. The Bertz CT molecular complexity index is 585. The van der Waals surface area contributed by atoms with Crippen molar-refractivity contribution in [3.8, 4) is 0 Å². The molecule has 0 N–H and O–H groups in total. The summed E-state index contributed by atoms with van der Waals surface area (Å²) in [7, 11) is -3.36. The third-order valence-corrected chi connectivity index (χ3v) is 5.54. The summed E-state index contributed by atoms with van der Waals surface area (Å²) in [4.78, 5) is 4.21. The maximum absolute atomic E-state index is 12.2. The van der Waals surface area contributed by atoms with Gasteiger partial charge < -0.3 is 4.74 Å². The van der Waals surface area contributed by atoms with Crippen molar-refractivity contribution in [1.82, 2.24) is 4.31 Å². The Balaban J connectivity index is 3.00. The second-order valence-electron chi connectivity index (χ2n) is 8.39. The number of hydrogen-bond donors (Lipinski definition) is 0. The molecule has 8 heteroatoms. The van der Waals surface area contributed by atoms with Gasteiger partial charge in [0, 0.05) is 18.5 Å². The van der Waals surface area contributed by atoms with Crippen LogP contribution in [0, 0.1) is 5.41 Å². The second kappa shape index (κ2) is 7.58. The van der Waals surface area contributed by atoms with Gasteiger partial charge in [0.05, 0.1) is 18.5 Å². The van der Waals surface area contributed by atoms with Gasteiger partial charge in [0.2, 0.25) is 10.0 Å². The summed E-state index contributed by atoms with van der Waals surface area (Å²) in [6.07, 6.45) is 1.31. The van der Waals surface area contributed by atoms with E-state index < -0.39 is 15.6 Å². The van der Waals surface area contributed by atoms with E-state index in [4.69, 9.17) is 4.74 Å². The van der Waals surface area contributed by atoms with Gasteiger partial charge in [-0.1, -0.05) is 20.8 Å². The van der Waals surface area contributed by atoms with Crippen molar-refractivity contribution in [2.45, 2.75) is 72.6 Å². The lowest BCUT2D eigenvalue weighted by molar-refractivity contribution is -0.0618. The second-order valence-corrected chi connectivity index (χ2v) is 10.3. The molecule has 1 aliphatic heterocycles. The lowest BCUT2D eigenvalue weighted by atomic mass is 9.90. The number of hydrogen-bond acceptors (Lipinski definition) is 6. The van der Waals surface area contributed by atoms with Gasteiger partial charge in [0.25, 0.3) is 0 Å². The summed E-state index contributed by atoms with van der Waals surface area (Å²) in [6, 6.07) is 0. The van der Waals surface area contributed by atoms with Gasteiger partial charge in [-0.2, -0.15) is 9.42 Å². The molecule has 140 valence electrons. The molecule has 0 amide bonds. The lowest BCUT2D eigenvalue weighted by Gasteiger charge is -2.38. The third-order valence-electron chi connectivity index (χ3n) is 4.05. The van der Waals surface area contributed by atoms with E-state index in [1.165, 1.54) is 10.6 Å². The Hall–Kier alpha value is -0.860. The van der Waals surface area contributed by atoms with Crippen LogP contribution in [0.1, 0.15) is 54.9 Å². The van der Waals surface area contributed by atoms with E-state index in [2.05, 4.69) is 36.0 Å². The van der Waals surface area contributed by atoms with Crippen molar-refractivity contribution in [2.24, 2.45) is 20.6 Å². The molecule has 0 aromatic heterocycles. The fraction of sp³-hybridized carbons (Fsp3) is 0.938. The van der Waals surface area contributed by atoms with Crippen molar-refractivity contribution in [2.75, 3.05) is 19.5 Å². The van der Waals surface area contributed by atoms with Gasteiger partial charge in [-0.05, 0) is 33.1 Å². The summed E-state index contributed by atoms with van der Waals surface area (Å²) in [5, 5.41) is 7.86. The van der Waals surface area contributed by atoms with Crippen LogP contribution in [0.25, 0.3) is 0 Å². The number of amidine groups is 1. The molecule has 0 radical (unpaired) electrons. The first-order valence-corrected chi connectivity index (χ1v) is 10.1. The Morgan fingerprint density at radius 1 is 1.21 bits per heavy atom. The van der Waals surface area contributed by atoms with Gasteiger partial charge in [-0.3, -0.25) is 0 Å². The third kappa shape index (κ3) is 6.57. The molecule has 0 aromatic rings. The first-order valence-electron chi connectivity index (χ1n) is 8.25. The first-order chi connectivity index (χ1) is 10.7. The van der Waals surface area contributed by atoms with Crippen molar-refractivity contribution in [3.05, 3.63) is 0 Å². The fourth-order valence-corrected chi connectivity index (χ4v) is 3.74. The Kier molecular flexibility index (Phi) is 6.69. The van der Waals surface area contributed by atoms with E-state index in [9.17, 15) is 8.42 Å². The van der Waals surface area contributed by atoms with Gasteiger partial charge in [-0.25, -0.2) is 13.4 Å². The van der Waals surface area contributed by atoms with Crippen LogP contribution in [0.4, 0.5) is 0 Å². The van der Waals surface area contributed by atoms with Gasteiger partial charge in [-0.15, -0.1) is 5.11 Å². The number of nitrogens with zero attached hydrogens (tertiary/aromatic N) is 4. The van der Waals surface area contributed by atoms with E-state index in [0.29, 0.717) is 18.9 Å². The smallest absolute Gasteiger partial charge is 0.211 e. The van der Waals surface area contributed by atoms with Gasteiger partial charge in [0.1, 0.15) is 5.84 Å². The summed E-state index contributed by atoms with van der Waals surface area (Å²) in [5.74, 6) is 0.614. The maximum Gasteiger partial charge on any atom is 0.211 e. The van der Waals surface area contributed by atoms with Crippen LogP contribution in [0.2, 0.25) is 0 Å². The minimum Gasteiger partial charge on any atom is -0.373 e. The summed E-state index contributed by atoms with van der Waals surface area (Å²) >= 11 is 0. The predicted octanol–water partition coefficient (Wildman–Crippen LogP) is 3.08. The summed E-state index contributed by atoms with van der Waals surface area (Å²) in [6.45, 7) is 14.5. The molecular weight excluding hydrogens is 328 g/mol. The summed E-state index contributed by atoms with van der Waals surface area (Å²) < 4.78 is 32.2. The molecule has 1 rings (SSSR count). The van der Waals surface area contributed by atoms with Crippen molar-refractivity contribution in [3.63, 3.8) is 0 Å². The molecule has 0 spiro atoms. The largest absolute Gasteiger partial charge is 0.373 e. The number of sulfonamides is 1. The van der Waals surface area contributed by atoms with E-state index in [0.717, 1.165) is 0 Å². The number of rotatable bonds is 7. The molecule has 0 aliphatic carbocycles. The number of ether oxygens (including phenoxy) is 1. The lowest BCUT2D eigenvalue weighted by Crippen LogP contribution is -2.50. The fourth-order valence-electron chi connectivity index (χ4n) is 2.31. The van der Waals surface area contributed by atoms with Crippen LogP contribution < -0.4 is 0 Å². The summed E-state index contributed by atoms with van der Waals surface area (Å²) in [5.41, 5.74) is -0.575. The zero-order chi connectivity index (χ0) is 18.8. The first kappa shape index (κ1) is 21.2. The maximum atomic E-state index is 12.2. The van der Waals surface area contributed by atoms with E-state index in [1.807, 2.05) is 27.7 Å². The van der Waals surface area contributed by atoms with Crippen LogP contribution in [0.15, 0.2) is 15.2 Å². The Morgan fingerprint density at radius 2 is 1.79 bits per heavy atom. The van der Waals surface area contributed by atoms with Crippen molar-refractivity contribution in [1.29, 1.82) is 0 Å². The number of aliphatic imine (C=N–C) groups is 1. The average molecular weight is 361 g/mol. The molecule has 1 aliphatic rings. The zero-order valence-corrected chi connectivity index (χ0v) is 17.0. The standard InChI is InChI=1S/C16H32N4O3S/c1-12(15(2,3)4)23-13(9-14-17-11-18-19-14)10-20(16(5,6)7)24(8,21)22/h12-13H,9-11H2,1-8H3. The SMILES string of the molecule is CC(OC(CC1=NCN=N1)CN(C(C)(C)C)S(C)(=O)=O)C(C)(C)C. The van der Waals surface area contributed by atoms with Crippen LogP contribution in [0.5, 0.6) is 0 Å². The minimum absolute atomic E-state index is 0.0391. The van der Waals surface area contributed by atoms with Crippen molar-refractivity contribution < 1.29 is 13.2 Å². The Labute approximate surface area is 146 Å². The highest BCUT2D eigenvalue weighted by atomic mass is 32.2. The normalized spacial score (nSPS) is 18.8. The highest BCUT2D eigenvalue weighted by Gasteiger charge is 2.34. The van der Waals surface area contributed by atoms with Crippen LogP contribution in [-0.2, 0) is 14.8 Å². The van der Waals surface area contributed by atoms with Gasteiger partial charge >= 0.3 is 0 Å². The molecule has 1 heterocycles. The molecule has 0 saturated carbocycles. The predicted molar refractivity (Wildman–Crippen MR) is 96.9 cm³/mol. The molecule has 2 atom stereocenters. The van der Waals surface area contributed by atoms with Crippen LogP contribution >= 0.6 is 0 Å². The van der Waals surface area contributed by atoms with Crippen LogP contribution in [0.3, 0.4) is 0 Å². The minimum atomic E-state index is -3.36. The van der Waals surface area contributed by atoms with Gasteiger partial charge in [0.15, 0.2) is 6.67 Å². The molecule has 0 aromatic carbocycles. The molecule has 0 bridgehead atoms. The van der Waals surface area contributed by atoms with E-state index in [-0.39, 0.29) is 24.2 Å². The highest BCUT2D eigenvalue weighted by molar-refractivity contribution is 7.88. The Morgan fingerprint density at radius 3 is 2.17 bits per heavy atom. The monoisotopic (exact) mass is 360 g/mol. The zero-order valence-electron chi connectivity index (χ0n) is 16.2. The van der Waals surface area contributed by atoms with Crippen molar-refractivity contribution >= 4 is 15.9 Å². The molecule has 2 unspecified atom stereocenters. The number of azo groups is 1. The molecular formula is C16H32N4O3S. The van der Waals surface area contributed by atoms with E-state index in [1.54, 1.807) is 0 Å².